The van der Waals surface area contributed by atoms with Gasteiger partial charge in [-0.2, -0.15) is 0 Å². The molecule has 0 saturated carbocycles. The minimum Gasteiger partial charge on any atom is -0.0925 e. The lowest BCUT2D eigenvalue weighted by Gasteiger charge is -2.24. The van der Waals surface area contributed by atoms with Crippen molar-refractivity contribution in [3.8, 4) is 0 Å². The summed E-state index contributed by atoms with van der Waals surface area (Å²) in [4.78, 5) is 0. The summed E-state index contributed by atoms with van der Waals surface area (Å²) in [5.74, 6) is 0.875. The third-order valence-electron chi connectivity index (χ3n) is 1.82. The fraction of sp³-hybridized carbons (Fsp3) is 1.00. The van der Waals surface area contributed by atoms with Crippen molar-refractivity contribution in [2.24, 2.45) is 11.3 Å². The Kier molecular flexibility index (Phi) is 5.41. The molecule has 0 N–H and O–H groups in total. The lowest BCUT2D eigenvalue weighted by molar-refractivity contribution is 0.300. The maximum absolute atomic E-state index is 3.57. The molecular weight excluding hydrogens is 200 g/mol. The Morgan fingerprint density at radius 2 is 1.82 bits per heavy atom. The standard InChI is InChI=1S/C10H21Br/c1-5-6-9(8-11)7-10(2,3)4/h9H,5-8H2,1-4H3. The monoisotopic (exact) mass is 220 g/mol. The van der Waals surface area contributed by atoms with Crippen LogP contribution in [-0.2, 0) is 0 Å². The van der Waals surface area contributed by atoms with Gasteiger partial charge in [0.1, 0.15) is 0 Å². The molecule has 0 saturated heterocycles. The van der Waals surface area contributed by atoms with Gasteiger partial charge in [0, 0.05) is 5.33 Å². The normalized spacial score (nSPS) is 15.0. The van der Waals surface area contributed by atoms with Crippen molar-refractivity contribution in [3.63, 3.8) is 0 Å². The van der Waals surface area contributed by atoms with Crippen LogP contribution >= 0.6 is 15.9 Å². The van der Waals surface area contributed by atoms with Gasteiger partial charge in [0.2, 0.25) is 0 Å². The first-order valence-corrected chi connectivity index (χ1v) is 5.67. The summed E-state index contributed by atoms with van der Waals surface area (Å²) < 4.78 is 0. The number of alkyl halides is 1. The van der Waals surface area contributed by atoms with E-state index in [2.05, 4.69) is 43.6 Å². The van der Waals surface area contributed by atoms with Gasteiger partial charge in [0.15, 0.2) is 0 Å². The molecule has 0 aromatic carbocycles. The van der Waals surface area contributed by atoms with Crippen LogP contribution in [0, 0.1) is 11.3 Å². The average Bonchev–Trinajstić information content (AvgIpc) is 1.84. The van der Waals surface area contributed by atoms with Crippen LogP contribution in [0.2, 0.25) is 0 Å². The van der Waals surface area contributed by atoms with Crippen molar-refractivity contribution in [2.45, 2.75) is 47.0 Å². The summed E-state index contributed by atoms with van der Waals surface area (Å²) in [5.41, 5.74) is 0.494. The molecule has 0 nitrogen and oxygen atoms in total. The second-order valence-corrected chi connectivity index (χ2v) is 5.22. The van der Waals surface area contributed by atoms with Crippen LogP contribution in [0.3, 0.4) is 0 Å². The molecule has 0 aliphatic heterocycles. The molecule has 0 heterocycles. The first-order chi connectivity index (χ1) is 4.99. The Morgan fingerprint density at radius 3 is 2.09 bits per heavy atom. The molecule has 1 unspecified atom stereocenters. The van der Waals surface area contributed by atoms with Gasteiger partial charge in [-0.1, -0.05) is 50.0 Å². The first kappa shape index (κ1) is 11.5. The van der Waals surface area contributed by atoms with Crippen LogP contribution in [0.1, 0.15) is 47.0 Å². The number of halogens is 1. The van der Waals surface area contributed by atoms with Crippen molar-refractivity contribution in [1.29, 1.82) is 0 Å². The van der Waals surface area contributed by atoms with Gasteiger partial charge in [-0.15, -0.1) is 0 Å². The SMILES string of the molecule is CCCC(CBr)CC(C)(C)C. The maximum atomic E-state index is 3.57. The predicted octanol–water partition coefficient (Wildman–Crippen LogP) is 4.23. The van der Waals surface area contributed by atoms with E-state index in [9.17, 15) is 0 Å². The van der Waals surface area contributed by atoms with E-state index < -0.39 is 0 Å². The Balaban J connectivity index is 3.68. The largest absolute Gasteiger partial charge is 0.0925 e. The molecule has 0 rings (SSSR count). The summed E-state index contributed by atoms with van der Waals surface area (Å²) in [5, 5.41) is 1.16. The van der Waals surface area contributed by atoms with E-state index in [0.717, 1.165) is 11.2 Å². The van der Waals surface area contributed by atoms with E-state index in [1.807, 2.05) is 0 Å². The van der Waals surface area contributed by atoms with Gasteiger partial charge in [-0.3, -0.25) is 0 Å². The summed E-state index contributed by atoms with van der Waals surface area (Å²) >= 11 is 3.57. The smallest absolute Gasteiger partial charge is 0.00598 e. The molecule has 1 atom stereocenters. The van der Waals surface area contributed by atoms with Gasteiger partial charge < -0.3 is 0 Å². The highest BCUT2D eigenvalue weighted by Crippen LogP contribution is 2.27. The van der Waals surface area contributed by atoms with Crippen LogP contribution < -0.4 is 0 Å². The lowest BCUT2D eigenvalue weighted by atomic mass is 9.84. The molecule has 0 aliphatic rings. The highest BCUT2D eigenvalue weighted by atomic mass is 79.9. The summed E-state index contributed by atoms with van der Waals surface area (Å²) in [6.07, 6.45) is 4.01. The average molecular weight is 221 g/mol. The zero-order chi connectivity index (χ0) is 8.91. The lowest BCUT2D eigenvalue weighted by Crippen LogP contribution is -2.14. The van der Waals surface area contributed by atoms with Crippen LogP contribution in [0.5, 0.6) is 0 Å². The zero-order valence-corrected chi connectivity index (χ0v) is 9.87. The van der Waals surface area contributed by atoms with Crippen LogP contribution in [-0.4, -0.2) is 5.33 Å². The van der Waals surface area contributed by atoms with Gasteiger partial charge in [0.25, 0.3) is 0 Å². The summed E-state index contributed by atoms with van der Waals surface area (Å²) in [6.45, 7) is 9.22. The van der Waals surface area contributed by atoms with Gasteiger partial charge in [-0.05, 0) is 24.2 Å². The van der Waals surface area contributed by atoms with E-state index in [1.54, 1.807) is 0 Å². The fourth-order valence-electron chi connectivity index (χ4n) is 1.51. The zero-order valence-electron chi connectivity index (χ0n) is 8.28. The quantitative estimate of drug-likeness (QED) is 0.623. The predicted molar refractivity (Wildman–Crippen MR) is 56.3 cm³/mol. The third kappa shape index (κ3) is 6.86. The van der Waals surface area contributed by atoms with Gasteiger partial charge in [-0.25, -0.2) is 0 Å². The molecular formula is C10H21Br. The third-order valence-corrected chi connectivity index (χ3v) is 2.73. The van der Waals surface area contributed by atoms with Crippen molar-refractivity contribution in [1.82, 2.24) is 0 Å². The van der Waals surface area contributed by atoms with E-state index in [4.69, 9.17) is 0 Å². The van der Waals surface area contributed by atoms with E-state index >= 15 is 0 Å². The van der Waals surface area contributed by atoms with E-state index in [-0.39, 0.29) is 0 Å². The van der Waals surface area contributed by atoms with E-state index in [1.165, 1.54) is 19.3 Å². The molecule has 0 radical (unpaired) electrons. The highest BCUT2D eigenvalue weighted by molar-refractivity contribution is 9.09. The Labute approximate surface area is 79.9 Å². The molecule has 11 heavy (non-hydrogen) atoms. The van der Waals surface area contributed by atoms with E-state index in [0.29, 0.717) is 5.41 Å². The Bertz CT molecular complexity index is 91.5. The number of rotatable bonds is 4. The van der Waals surface area contributed by atoms with Crippen LogP contribution in [0.25, 0.3) is 0 Å². The molecule has 0 spiro atoms. The minimum atomic E-state index is 0.494. The Morgan fingerprint density at radius 1 is 1.27 bits per heavy atom. The maximum Gasteiger partial charge on any atom is 0.00598 e. The van der Waals surface area contributed by atoms with Crippen molar-refractivity contribution >= 4 is 15.9 Å². The van der Waals surface area contributed by atoms with Crippen LogP contribution in [0.4, 0.5) is 0 Å². The molecule has 0 aromatic heterocycles. The minimum absolute atomic E-state index is 0.494. The van der Waals surface area contributed by atoms with Crippen molar-refractivity contribution < 1.29 is 0 Å². The number of hydrogen-bond acceptors (Lipinski definition) is 0. The molecule has 68 valence electrons. The number of hydrogen-bond donors (Lipinski definition) is 0. The topological polar surface area (TPSA) is 0 Å². The van der Waals surface area contributed by atoms with Crippen molar-refractivity contribution in [2.75, 3.05) is 5.33 Å². The first-order valence-electron chi connectivity index (χ1n) is 4.55. The Hall–Kier alpha value is 0.480. The van der Waals surface area contributed by atoms with Crippen molar-refractivity contribution in [3.05, 3.63) is 0 Å². The highest BCUT2D eigenvalue weighted by Gasteiger charge is 2.16. The molecule has 0 amide bonds. The van der Waals surface area contributed by atoms with Crippen LogP contribution in [0.15, 0.2) is 0 Å². The second kappa shape index (κ2) is 5.18. The fourth-order valence-corrected chi connectivity index (χ4v) is 2.06. The summed E-state index contributed by atoms with van der Waals surface area (Å²) in [7, 11) is 0. The molecule has 0 aliphatic carbocycles. The molecule has 0 aromatic rings. The molecule has 0 fully saturated rings. The molecule has 1 heteroatoms. The summed E-state index contributed by atoms with van der Waals surface area (Å²) in [6, 6.07) is 0. The second-order valence-electron chi connectivity index (χ2n) is 4.57. The van der Waals surface area contributed by atoms with Gasteiger partial charge >= 0.3 is 0 Å². The van der Waals surface area contributed by atoms with Gasteiger partial charge in [0.05, 0.1) is 0 Å². The molecule has 0 bridgehead atoms.